The maximum Gasteiger partial charge on any atom is 0.0737 e. The molecule has 3 rings (SSSR count). The number of hydrogen-bond donors (Lipinski definition) is 0. The number of allylic oxidation sites excluding steroid dienone is 4. The summed E-state index contributed by atoms with van der Waals surface area (Å²) in [6, 6.07) is 20.8. The Labute approximate surface area is 170 Å². The lowest BCUT2D eigenvalue weighted by Crippen LogP contribution is -1.99. The first-order chi connectivity index (χ1) is 13.5. The molecule has 0 saturated carbocycles. The Bertz CT molecular complexity index is 935. The van der Waals surface area contributed by atoms with Crippen molar-refractivity contribution < 1.29 is 0 Å². The highest BCUT2D eigenvalue weighted by Gasteiger charge is 2.06. The van der Waals surface area contributed by atoms with Gasteiger partial charge in [0.25, 0.3) is 0 Å². The van der Waals surface area contributed by atoms with E-state index in [0.29, 0.717) is 0 Å². The highest BCUT2D eigenvalue weighted by molar-refractivity contribution is 5.82. The molecule has 1 nitrogen and oxygen atoms in total. The van der Waals surface area contributed by atoms with E-state index in [0.717, 1.165) is 29.2 Å². The molecule has 2 aromatic carbocycles. The Morgan fingerprint density at radius 2 is 1.79 bits per heavy atom. The minimum atomic E-state index is 0.730. The molecule has 28 heavy (non-hydrogen) atoms. The van der Waals surface area contributed by atoms with Crippen molar-refractivity contribution in [2.45, 2.75) is 33.6 Å². The molecule has 0 aliphatic rings. The zero-order chi connectivity index (χ0) is 20.4. The third kappa shape index (κ3) is 6.35. The molecule has 144 valence electrons. The van der Waals surface area contributed by atoms with Crippen LogP contribution in [0.5, 0.6) is 0 Å². The van der Waals surface area contributed by atoms with Gasteiger partial charge in [-0.25, -0.2) is 0 Å². The van der Waals surface area contributed by atoms with Crippen molar-refractivity contribution in [1.82, 2.24) is 4.98 Å². The molecule has 0 fully saturated rings. The number of aromatic nitrogens is 1. The maximum absolute atomic E-state index is 4.66. The van der Waals surface area contributed by atoms with Gasteiger partial charge in [-0.1, -0.05) is 106 Å². The predicted octanol–water partition coefficient (Wildman–Crippen LogP) is 7.57. The molecule has 1 atom stereocenters. The summed E-state index contributed by atoms with van der Waals surface area (Å²) in [5.41, 5.74) is 5.83. The molecule has 0 spiro atoms. The van der Waals surface area contributed by atoms with Gasteiger partial charge in [-0.05, 0) is 42.0 Å². The van der Waals surface area contributed by atoms with E-state index in [1.165, 1.54) is 22.9 Å². The number of nitrogens with zero attached hydrogens (tertiary/aromatic N) is 1. The van der Waals surface area contributed by atoms with E-state index in [4.69, 9.17) is 0 Å². The molecule has 0 saturated heterocycles. The van der Waals surface area contributed by atoms with Gasteiger partial charge in [0.05, 0.1) is 5.52 Å². The fourth-order valence-corrected chi connectivity index (χ4v) is 2.92. The minimum absolute atomic E-state index is 0.730. The Morgan fingerprint density at radius 3 is 2.46 bits per heavy atom. The van der Waals surface area contributed by atoms with Gasteiger partial charge in [0, 0.05) is 11.1 Å². The normalized spacial score (nSPS) is 11.7. The van der Waals surface area contributed by atoms with Gasteiger partial charge in [-0.2, -0.15) is 0 Å². The van der Waals surface area contributed by atoms with Crippen molar-refractivity contribution in [2.75, 3.05) is 0 Å². The second-order valence-corrected chi connectivity index (χ2v) is 7.15. The van der Waals surface area contributed by atoms with Crippen LogP contribution in [-0.4, -0.2) is 4.98 Å². The number of pyridine rings is 1. The summed E-state index contributed by atoms with van der Waals surface area (Å²) in [5.74, 6) is 0.730. The van der Waals surface area contributed by atoms with Crippen LogP contribution in [0.25, 0.3) is 16.5 Å². The maximum atomic E-state index is 4.66. The standard InChI is InChI=1S/C15H19N.C12H12/c1-4-11(2)10-14-7-5-6-13-9-8-12(3)16-15(13)14;1-3-4-8-11(2)12-9-6-5-7-10-12/h5-9,11H,4,10H2,1-3H3;3-10H,1-2H2/b;8-4-. The molecule has 1 heteroatoms. The van der Waals surface area contributed by atoms with Gasteiger partial charge in [0.1, 0.15) is 0 Å². The minimum Gasteiger partial charge on any atom is -0.253 e. The van der Waals surface area contributed by atoms with Gasteiger partial charge in [-0.15, -0.1) is 0 Å². The summed E-state index contributed by atoms with van der Waals surface area (Å²) >= 11 is 0. The van der Waals surface area contributed by atoms with E-state index >= 15 is 0 Å². The molecule has 1 unspecified atom stereocenters. The number of benzene rings is 2. The Kier molecular flexibility index (Phi) is 8.42. The lowest BCUT2D eigenvalue weighted by molar-refractivity contribution is 0.562. The number of aryl methyl sites for hydroxylation is 1. The Morgan fingerprint density at radius 1 is 1.04 bits per heavy atom. The predicted molar refractivity (Wildman–Crippen MR) is 124 cm³/mol. The van der Waals surface area contributed by atoms with Crippen LogP contribution in [0.2, 0.25) is 0 Å². The average Bonchev–Trinajstić information content (AvgIpc) is 2.73. The molecule has 0 aliphatic heterocycles. The molecule has 0 amide bonds. The van der Waals surface area contributed by atoms with Gasteiger partial charge in [0.2, 0.25) is 0 Å². The van der Waals surface area contributed by atoms with Crippen LogP contribution in [-0.2, 0) is 6.42 Å². The SMILES string of the molecule is C=C/C=C\C(=C)c1ccccc1.CCC(C)Cc1cccc2ccc(C)nc12. The van der Waals surface area contributed by atoms with Crippen LogP contribution in [0.4, 0.5) is 0 Å². The van der Waals surface area contributed by atoms with E-state index in [-0.39, 0.29) is 0 Å². The summed E-state index contributed by atoms with van der Waals surface area (Å²) in [4.78, 5) is 4.66. The molecule has 0 radical (unpaired) electrons. The van der Waals surface area contributed by atoms with E-state index in [2.05, 4.69) is 69.2 Å². The van der Waals surface area contributed by atoms with Crippen LogP contribution in [0, 0.1) is 12.8 Å². The van der Waals surface area contributed by atoms with Crippen LogP contribution < -0.4 is 0 Å². The second kappa shape index (κ2) is 11.0. The topological polar surface area (TPSA) is 12.9 Å². The van der Waals surface area contributed by atoms with E-state index < -0.39 is 0 Å². The van der Waals surface area contributed by atoms with E-state index in [1.54, 1.807) is 6.08 Å². The fraction of sp³-hybridized carbons (Fsp3) is 0.222. The first-order valence-corrected chi connectivity index (χ1v) is 9.93. The smallest absolute Gasteiger partial charge is 0.0737 e. The van der Waals surface area contributed by atoms with Crippen molar-refractivity contribution in [3.8, 4) is 0 Å². The molecule has 0 bridgehead atoms. The zero-order valence-electron chi connectivity index (χ0n) is 17.4. The van der Waals surface area contributed by atoms with E-state index in [1.807, 2.05) is 42.5 Å². The third-order valence-electron chi connectivity index (χ3n) is 4.79. The molecule has 1 aromatic heterocycles. The summed E-state index contributed by atoms with van der Waals surface area (Å²) in [6.07, 6.45) is 7.93. The van der Waals surface area contributed by atoms with Crippen LogP contribution >= 0.6 is 0 Å². The zero-order valence-corrected chi connectivity index (χ0v) is 17.4. The van der Waals surface area contributed by atoms with Crippen molar-refractivity contribution in [2.24, 2.45) is 5.92 Å². The number of rotatable bonds is 6. The third-order valence-corrected chi connectivity index (χ3v) is 4.79. The van der Waals surface area contributed by atoms with Crippen LogP contribution in [0.1, 0.15) is 37.1 Å². The van der Waals surface area contributed by atoms with Gasteiger partial charge < -0.3 is 0 Å². The highest BCUT2D eigenvalue weighted by Crippen LogP contribution is 2.21. The fourth-order valence-electron chi connectivity index (χ4n) is 2.92. The molecule has 1 heterocycles. The van der Waals surface area contributed by atoms with E-state index in [9.17, 15) is 0 Å². The van der Waals surface area contributed by atoms with Crippen molar-refractivity contribution in [1.29, 1.82) is 0 Å². The van der Waals surface area contributed by atoms with Gasteiger partial charge in [0.15, 0.2) is 0 Å². The Hall–Kier alpha value is -2.93. The molecule has 0 aliphatic carbocycles. The van der Waals surface area contributed by atoms with Gasteiger partial charge >= 0.3 is 0 Å². The van der Waals surface area contributed by atoms with Gasteiger partial charge in [-0.3, -0.25) is 4.98 Å². The summed E-state index contributed by atoms with van der Waals surface area (Å²) < 4.78 is 0. The summed E-state index contributed by atoms with van der Waals surface area (Å²) in [5, 5.41) is 1.26. The highest BCUT2D eigenvalue weighted by atomic mass is 14.7. The Balaban J connectivity index is 0.000000209. The van der Waals surface area contributed by atoms with Crippen LogP contribution in [0.15, 0.2) is 92.0 Å². The first-order valence-electron chi connectivity index (χ1n) is 9.93. The molecule has 0 N–H and O–H groups in total. The summed E-state index contributed by atoms with van der Waals surface area (Å²) in [6.45, 7) is 14.1. The monoisotopic (exact) mass is 369 g/mol. The molecular formula is C27H31N. The first kappa shape index (κ1) is 21.4. The van der Waals surface area contributed by atoms with Crippen molar-refractivity contribution >= 4 is 16.5 Å². The van der Waals surface area contributed by atoms with Crippen molar-refractivity contribution in [3.05, 3.63) is 109 Å². The second-order valence-electron chi connectivity index (χ2n) is 7.15. The quantitative estimate of drug-likeness (QED) is 0.408. The average molecular weight is 370 g/mol. The van der Waals surface area contributed by atoms with Crippen molar-refractivity contribution in [3.63, 3.8) is 0 Å². The lowest BCUT2D eigenvalue weighted by atomic mass is 9.97. The molecular weight excluding hydrogens is 338 g/mol. The largest absolute Gasteiger partial charge is 0.253 e. The van der Waals surface area contributed by atoms with Crippen LogP contribution in [0.3, 0.4) is 0 Å². The lowest BCUT2D eigenvalue weighted by Gasteiger charge is -2.10. The number of fused-ring (bicyclic) bond motifs is 1. The molecule has 3 aromatic rings. The number of para-hydroxylation sites is 1. The summed E-state index contributed by atoms with van der Waals surface area (Å²) in [7, 11) is 0. The number of hydrogen-bond acceptors (Lipinski definition) is 1.